The summed E-state index contributed by atoms with van der Waals surface area (Å²) in [6, 6.07) is 15.0. The van der Waals surface area contributed by atoms with Gasteiger partial charge in [0, 0.05) is 24.8 Å². The minimum absolute atomic E-state index is 0.256. The summed E-state index contributed by atoms with van der Waals surface area (Å²) in [5.74, 6) is 0.230. The molecule has 5 heteroatoms. The molecule has 1 saturated heterocycles. The number of hydrogen-bond acceptors (Lipinski definition) is 4. The predicted octanol–water partition coefficient (Wildman–Crippen LogP) is 2.85. The number of rotatable bonds is 3. The lowest BCUT2D eigenvalue weighted by Crippen LogP contribution is -2.24. The molecule has 5 nitrogen and oxygen atoms in total. The van der Waals surface area contributed by atoms with E-state index < -0.39 is 5.97 Å². The highest BCUT2D eigenvalue weighted by molar-refractivity contribution is 6.00. The van der Waals surface area contributed by atoms with Gasteiger partial charge in [-0.15, -0.1) is 0 Å². The van der Waals surface area contributed by atoms with Crippen molar-refractivity contribution in [2.45, 2.75) is 12.8 Å². The third kappa shape index (κ3) is 3.08. The zero-order valence-corrected chi connectivity index (χ0v) is 11.5. The van der Waals surface area contributed by atoms with E-state index in [4.69, 9.17) is 4.84 Å². The van der Waals surface area contributed by atoms with Crippen molar-refractivity contribution in [3.05, 3.63) is 60.4 Å². The zero-order valence-electron chi connectivity index (χ0n) is 11.5. The number of aromatic nitrogens is 1. The normalized spacial score (nSPS) is 16.2. The second kappa shape index (κ2) is 6.17. The van der Waals surface area contributed by atoms with Crippen LogP contribution >= 0.6 is 0 Å². The number of para-hydroxylation sites is 1. The first-order valence-electron chi connectivity index (χ1n) is 6.86. The van der Waals surface area contributed by atoms with E-state index in [2.05, 4.69) is 15.0 Å². The number of nitrogens with zero attached hydrogens (tertiary/aromatic N) is 3. The van der Waals surface area contributed by atoms with Crippen LogP contribution in [0.15, 0.2) is 59.9 Å². The molecular formula is C16H15N3O2. The fraction of sp³-hybridized carbons (Fsp3) is 0.188. The number of benzene rings is 1. The van der Waals surface area contributed by atoms with Crippen LogP contribution in [0.2, 0.25) is 0 Å². The van der Waals surface area contributed by atoms with E-state index in [1.807, 2.05) is 30.3 Å². The molecule has 0 amide bonds. The quantitative estimate of drug-likeness (QED) is 0.641. The van der Waals surface area contributed by atoms with Crippen LogP contribution in [-0.4, -0.2) is 23.3 Å². The Labute approximate surface area is 122 Å². The van der Waals surface area contributed by atoms with E-state index >= 15 is 0 Å². The molecular weight excluding hydrogens is 266 g/mol. The number of carbonyl (C=O) groups is 1. The molecule has 106 valence electrons. The predicted molar refractivity (Wildman–Crippen MR) is 80.1 cm³/mol. The highest BCUT2D eigenvalue weighted by Gasteiger charge is 2.21. The molecule has 0 N–H and O–H groups in total. The molecule has 0 spiro atoms. The highest BCUT2D eigenvalue weighted by atomic mass is 16.7. The van der Waals surface area contributed by atoms with Crippen LogP contribution in [0.1, 0.15) is 23.3 Å². The average molecular weight is 281 g/mol. The molecule has 0 unspecified atom stereocenters. The zero-order chi connectivity index (χ0) is 14.5. The summed E-state index contributed by atoms with van der Waals surface area (Å²) in [6.45, 7) is 0.879. The highest BCUT2D eigenvalue weighted by Crippen LogP contribution is 2.21. The Hall–Kier alpha value is -2.69. The number of hydrogen-bond donors (Lipinski definition) is 0. The molecule has 0 bridgehead atoms. The lowest BCUT2D eigenvalue weighted by atomic mass is 10.3. The number of carbonyl (C=O) groups excluding carboxylic acids is 1. The molecule has 1 aromatic heterocycles. The first kappa shape index (κ1) is 13.3. The molecule has 2 aromatic rings. The Bertz CT molecular complexity index is 641. The summed E-state index contributed by atoms with van der Waals surface area (Å²) in [4.78, 5) is 22.8. The maximum atomic E-state index is 11.8. The summed E-state index contributed by atoms with van der Waals surface area (Å²) in [5, 5.41) is 4.01. The minimum Gasteiger partial charge on any atom is -0.327 e. The molecule has 1 fully saturated rings. The second-order valence-electron chi connectivity index (χ2n) is 4.69. The number of anilines is 1. The van der Waals surface area contributed by atoms with E-state index in [1.165, 1.54) is 0 Å². The van der Waals surface area contributed by atoms with Crippen LogP contribution in [0.25, 0.3) is 0 Å². The fourth-order valence-electron chi connectivity index (χ4n) is 2.26. The van der Waals surface area contributed by atoms with Gasteiger partial charge in [-0.3, -0.25) is 0 Å². The summed E-state index contributed by atoms with van der Waals surface area (Å²) in [7, 11) is 0. The third-order valence-corrected chi connectivity index (χ3v) is 3.27. The van der Waals surface area contributed by atoms with Gasteiger partial charge >= 0.3 is 5.97 Å². The summed E-state index contributed by atoms with van der Waals surface area (Å²) < 4.78 is 0. The Kier molecular flexibility index (Phi) is 3.91. The summed E-state index contributed by atoms with van der Waals surface area (Å²) in [5.41, 5.74) is 1.31. The van der Waals surface area contributed by atoms with Crippen LogP contribution in [0.3, 0.4) is 0 Å². The van der Waals surface area contributed by atoms with Crippen molar-refractivity contribution < 1.29 is 9.63 Å². The fourth-order valence-corrected chi connectivity index (χ4v) is 2.26. The van der Waals surface area contributed by atoms with Gasteiger partial charge in [-0.05, 0) is 30.7 Å². The van der Waals surface area contributed by atoms with Crippen LogP contribution in [0.5, 0.6) is 0 Å². The molecule has 2 heterocycles. The second-order valence-corrected chi connectivity index (χ2v) is 4.69. The van der Waals surface area contributed by atoms with E-state index in [0.717, 1.165) is 30.9 Å². The molecule has 3 rings (SSSR count). The van der Waals surface area contributed by atoms with Gasteiger partial charge in [0.1, 0.15) is 5.84 Å². The molecule has 0 saturated carbocycles. The monoisotopic (exact) mass is 281 g/mol. The van der Waals surface area contributed by atoms with Crippen molar-refractivity contribution in [3.63, 3.8) is 0 Å². The topological polar surface area (TPSA) is 54.8 Å². The minimum atomic E-state index is -0.539. The van der Waals surface area contributed by atoms with Crippen molar-refractivity contribution in [3.8, 4) is 0 Å². The van der Waals surface area contributed by atoms with Crippen molar-refractivity contribution in [1.82, 2.24) is 4.98 Å². The van der Waals surface area contributed by atoms with Gasteiger partial charge in [0.05, 0.1) is 0 Å². The van der Waals surface area contributed by atoms with Gasteiger partial charge < -0.3 is 9.74 Å². The lowest BCUT2D eigenvalue weighted by Gasteiger charge is -2.17. The van der Waals surface area contributed by atoms with Crippen LogP contribution in [0, 0.1) is 0 Å². The SMILES string of the molecule is O=C(O/N=C1\CCCN1c1ccccc1)c1ccccn1. The van der Waals surface area contributed by atoms with Crippen molar-refractivity contribution >= 4 is 17.5 Å². The Morgan fingerprint density at radius 2 is 1.95 bits per heavy atom. The van der Waals surface area contributed by atoms with Crippen LogP contribution in [0.4, 0.5) is 5.69 Å². The van der Waals surface area contributed by atoms with Gasteiger partial charge in [-0.1, -0.05) is 29.4 Å². The van der Waals surface area contributed by atoms with E-state index in [1.54, 1.807) is 24.4 Å². The Morgan fingerprint density at radius 3 is 2.71 bits per heavy atom. The number of amidine groups is 1. The molecule has 1 aliphatic rings. The molecule has 1 aliphatic heterocycles. The lowest BCUT2D eigenvalue weighted by molar-refractivity contribution is 0.0508. The number of pyridine rings is 1. The summed E-state index contributed by atoms with van der Waals surface area (Å²) in [6.07, 6.45) is 3.34. The van der Waals surface area contributed by atoms with E-state index in [0.29, 0.717) is 0 Å². The first-order chi connectivity index (χ1) is 10.3. The summed E-state index contributed by atoms with van der Waals surface area (Å²) >= 11 is 0. The largest absolute Gasteiger partial charge is 0.383 e. The molecule has 21 heavy (non-hydrogen) atoms. The third-order valence-electron chi connectivity index (χ3n) is 3.27. The molecule has 0 atom stereocenters. The molecule has 0 radical (unpaired) electrons. The van der Waals surface area contributed by atoms with Gasteiger partial charge in [-0.2, -0.15) is 0 Å². The van der Waals surface area contributed by atoms with E-state index in [-0.39, 0.29) is 5.69 Å². The standard InChI is InChI=1S/C16H15N3O2/c20-16(14-9-4-5-11-17-14)21-18-15-10-6-12-19(15)13-7-2-1-3-8-13/h1-5,7-9,11H,6,10,12H2/b18-15+. The van der Waals surface area contributed by atoms with Gasteiger partial charge in [0.25, 0.3) is 0 Å². The molecule has 0 aliphatic carbocycles. The van der Waals surface area contributed by atoms with Crippen LogP contribution < -0.4 is 4.90 Å². The smallest absolute Gasteiger partial charge is 0.327 e. The average Bonchev–Trinajstić information content (AvgIpc) is 3.03. The number of oxime groups is 1. The van der Waals surface area contributed by atoms with Gasteiger partial charge in [0.2, 0.25) is 0 Å². The maximum absolute atomic E-state index is 11.8. The van der Waals surface area contributed by atoms with Crippen molar-refractivity contribution in [2.75, 3.05) is 11.4 Å². The molecule has 1 aromatic carbocycles. The Morgan fingerprint density at radius 1 is 1.14 bits per heavy atom. The van der Waals surface area contributed by atoms with Crippen LogP contribution in [-0.2, 0) is 4.84 Å². The van der Waals surface area contributed by atoms with Gasteiger partial charge in [0.15, 0.2) is 5.69 Å². The van der Waals surface area contributed by atoms with E-state index in [9.17, 15) is 4.79 Å². The maximum Gasteiger partial charge on any atom is 0.383 e. The Balaban J connectivity index is 1.72. The first-order valence-corrected chi connectivity index (χ1v) is 6.86. The van der Waals surface area contributed by atoms with Gasteiger partial charge in [-0.25, -0.2) is 9.78 Å². The van der Waals surface area contributed by atoms with Crippen molar-refractivity contribution in [2.24, 2.45) is 5.16 Å². The van der Waals surface area contributed by atoms with Crippen molar-refractivity contribution in [1.29, 1.82) is 0 Å².